The molecule has 4 rings (SSSR count). The first kappa shape index (κ1) is 19.2. The van der Waals surface area contributed by atoms with Gasteiger partial charge in [0.1, 0.15) is 17.0 Å². The molecule has 0 unspecified atom stereocenters. The lowest BCUT2D eigenvalue weighted by Gasteiger charge is -2.33. The van der Waals surface area contributed by atoms with Gasteiger partial charge in [0.25, 0.3) is 0 Å². The maximum atomic E-state index is 12.9. The van der Waals surface area contributed by atoms with Gasteiger partial charge in [-0.2, -0.15) is 0 Å². The number of hydrogen-bond donors (Lipinski definition) is 1. The number of hydrogen-bond acceptors (Lipinski definition) is 5. The molecule has 1 atom stereocenters. The first-order chi connectivity index (χ1) is 13.5. The first-order valence-electron chi connectivity index (χ1n) is 9.60. The minimum atomic E-state index is -0.0712. The van der Waals surface area contributed by atoms with Gasteiger partial charge in [0, 0.05) is 28.7 Å². The number of anilines is 2. The van der Waals surface area contributed by atoms with E-state index in [2.05, 4.69) is 33.2 Å². The fourth-order valence-corrected chi connectivity index (χ4v) is 4.86. The van der Waals surface area contributed by atoms with Crippen molar-refractivity contribution >= 4 is 50.6 Å². The van der Waals surface area contributed by atoms with Gasteiger partial charge in [-0.1, -0.05) is 18.5 Å². The van der Waals surface area contributed by atoms with Crippen LogP contribution < -0.4 is 10.2 Å². The van der Waals surface area contributed by atoms with Crippen molar-refractivity contribution in [3.63, 3.8) is 0 Å². The van der Waals surface area contributed by atoms with Crippen molar-refractivity contribution in [3.05, 3.63) is 46.1 Å². The molecule has 0 spiro atoms. The van der Waals surface area contributed by atoms with Gasteiger partial charge >= 0.3 is 0 Å². The van der Waals surface area contributed by atoms with E-state index in [1.165, 1.54) is 4.88 Å². The van der Waals surface area contributed by atoms with Crippen molar-refractivity contribution in [2.75, 3.05) is 23.3 Å². The minimum absolute atomic E-state index is 0.0555. The Hall–Kier alpha value is -2.18. The van der Waals surface area contributed by atoms with Crippen LogP contribution in [0.15, 0.2) is 30.6 Å². The van der Waals surface area contributed by atoms with Crippen LogP contribution in [0.25, 0.3) is 10.2 Å². The van der Waals surface area contributed by atoms with Gasteiger partial charge in [0.05, 0.1) is 11.3 Å². The third-order valence-electron chi connectivity index (χ3n) is 5.25. The number of piperidine rings is 1. The molecular formula is C21H23ClN4OS. The van der Waals surface area contributed by atoms with Crippen molar-refractivity contribution in [2.24, 2.45) is 5.92 Å². The van der Waals surface area contributed by atoms with E-state index in [4.69, 9.17) is 11.6 Å². The number of carbonyl (C=O) groups is 1. The number of carbonyl (C=O) groups excluding carboxylic acids is 1. The minimum Gasteiger partial charge on any atom is -0.355 e. The highest BCUT2D eigenvalue weighted by Gasteiger charge is 2.28. The van der Waals surface area contributed by atoms with E-state index in [9.17, 15) is 4.79 Å². The maximum absolute atomic E-state index is 12.9. The average Bonchev–Trinajstić information content (AvgIpc) is 3.13. The third kappa shape index (κ3) is 3.84. The Morgan fingerprint density at radius 3 is 3.00 bits per heavy atom. The molecule has 0 aliphatic carbocycles. The van der Waals surface area contributed by atoms with Gasteiger partial charge in [-0.15, -0.1) is 11.3 Å². The number of fused-ring (bicyclic) bond motifs is 1. The first-order valence-corrected chi connectivity index (χ1v) is 10.8. The second-order valence-electron chi connectivity index (χ2n) is 7.22. The lowest BCUT2D eigenvalue weighted by molar-refractivity contribution is -0.120. The molecule has 7 heteroatoms. The molecule has 0 saturated carbocycles. The quantitative estimate of drug-likeness (QED) is 0.647. The molecule has 1 saturated heterocycles. The maximum Gasteiger partial charge on any atom is 0.229 e. The van der Waals surface area contributed by atoms with E-state index in [-0.39, 0.29) is 11.8 Å². The van der Waals surface area contributed by atoms with Crippen LogP contribution >= 0.6 is 22.9 Å². The molecule has 1 N–H and O–H groups in total. The third-order valence-corrected chi connectivity index (χ3v) is 6.67. The van der Waals surface area contributed by atoms with Crippen LogP contribution in [0.2, 0.25) is 5.02 Å². The molecule has 1 aromatic carbocycles. The van der Waals surface area contributed by atoms with Gasteiger partial charge in [-0.3, -0.25) is 4.79 Å². The summed E-state index contributed by atoms with van der Waals surface area (Å²) in [4.78, 5) is 26.4. The summed E-state index contributed by atoms with van der Waals surface area (Å²) in [6, 6.07) is 7.72. The highest BCUT2D eigenvalue weighted by Crippen LogP contribution is 2.33. The molecule has 3 heterocycles. The predicted molar refractivity (Wildman–Crippen MR) is 117 cm³/mol. The summed E-state index contributed by atoms with van der Waals surface area (Å²) in [7, 11) is 0. The summed E-state index contributed by atoms with van der Waals surface area (Å²) in [5, 5.41) is 4.85. The zero-order valence-electron chi connectivity index (χ0n) is 16.0. The topological polar surface area (TPSA) is 58.1 Å². The standard InChI is InChI=1S/C21H23ClN4OS/c1-3-16-10-17-19(23-12-24-21(17)28-16)26-8-4-5-14(11-26)20(27)25-18-7-6-15(22)9-13(18)2/h6-7,9-10,12,14H,3-5,8,11H2,1-2H3,(H,25,27)/t14-/m1/s1. The SMILES string of the molecule is CCc1cc2c(N3CCC[C@@H](C(=O)Nc4ccc(Cl)cc4C)C3)ncnc2s1. The molecular weight excluding hydrogens is 392 g/mol. The smallest absolute Gasteiger partial charge is 0.229 e. The average molecular weight is 415 g/mol. The van der Waals surface area contributed by atoms with Crippen LogP contribution in [0.3, 0.4) is 0 Å². The van der Waals surface area contributed by atoms with Crippen LogP contribution in [-0.2, 0) is 11.2 Å². The molecule has 3 aromatic rings. The van der Waals surface area contributed by atoms with E-state index in [1.54, 1.807) is 23.7 Å². The number of nitrogens with zero attached hydrogens (tertiary/aromatic N) is 3. The summed E-state index contributed by atoms with van der Waals surface area (Å²) in [5.74, 6) is 0.930. The van der Waals surface area contributed by atoms with Crippen LogP contribution in [0.4, 0.5) is 11.5 Å². The van der Waals surface area contributed by atoms with Crippen molar-refractivity contribution in [1.82, 2.24) is 9.97 Å². The van der Waals surface area contributed by atoms with Crippen LogP contribution in [0.5, 0.6) is 0 Å². The number of aromatic nitrogens is 2. The van der Waals surface area contributed by atoms with E-state index >= 15 is 0 Å². The Morgan fingerprint density at radius 1 is 1.36 bits per heavy atom. The Morgan fingerprint density at radius 2 is 2.21 bits per heavy atom. The number of amides is 1. The molecule has 2 aromatic heterocycles. The zero-order chi connectivity index (χ0) is 19.7. The zero-order valence-corrected chi connectivity index (χ0v) is 17.6. The Balaban J connectivity index is 1.53. The summed E-state index contributed by atoms with van der Waals surface area (Å²) in [5.41, 5.74) is 1.79. The highest BCUT2D eigenvalue weighted by molar-refractivity contribution is 7.18. The highest BCUT2D eigenvalue weighted by atomic mass is 35.5. The van der Waals surface area contributed by atoms with Crippen LogP contribution in [-0.4, -0.2) is 29.0 Å². The number of benzene rings is 1. The summed E-state index contributed by atoms with van der Waals surface area (Å²) >= 11 is 7.74. The largest absolute Gasteiger partial charge is 0.355 e. The van der Waals surface area contributed by atoms with Gasteiger partial charge in [0.2, 0.25) is 5.91 Å². The van der Waals surface area contributed by atoms with Gasteiger partial charge in [-0.25, -0.2) is 9.97 Å². The fourth-order valence-electron chi connectivity index (χ4n) is 3.70. The van der Waals surface area contributed by atoms with Gasteiger partial charge in [0.15, 0.2) is 0 Å². The van der Waals surface area contributed by atoms with E-state index in [0.29, 0.717) is 11.6 Å². The van der Waals surface area contributed by atoms with Crippen molar-refractivity contribution in [3.8, 4) is 0 Å². The molecule has 0 bridgehead atoms. The number of rotatable bonds is 4. The molecule has 1 fully saturated rings. The van der Waals surface area contributed by atoms with Gasteiger partial charge < -0.3 is 10.2 Å². The van der Waals surface area contributed by atoms with E-state index in [0.717, 1.165) is 53.1 Å². The second-order valence-corrected chi connectivity index (χ2v) is 8.77. The second kappa shape index (κ2) is 8.05. The molecule has 1 amide bonds. The molecule has 0 radical (unpaired) electrons. The van der Waals surface area contributed by atoms with E-state index < -0.39 is 0 Å². The fraction of sp³-hybridized carbons (Fsp3) is 0.381. The summed E-state index contributed by atoms with van der Waals surface area (Å²) < 4.78 is 0. The number of aryl methyl sites for hydroxylation is 2. The Kier molecular flexibility index (Phi) is 5.51. The van der Waals surface area contributed by atoms with E-state index in [1.807, 2.05) is 19.1 Å². The lowest BCUT2D eigenvalue weighted by atomic mass is 9.96. The Labute approximate surface area is 173 Å². The van der Waals surface area contributed by atoms with Crippen LogP contribution in [0.1, 0.15) is 30.2 Å². The lowest BCUT2D eigenvalue weighted by Crippen LogP contribution is -2.41. The molecule has 28 heavy (non-hydrogen) atoms. The number of thiophene rings is 1. The van der Waals surface area contributed by atoms with Crippen molar-refractivity contribution in [2.45, 2.75) is 33.1 Å². The monoisotopic (exact) mass is 414 g/mol. The predicted octanol–water partition coefficient (Wildman–Crippen LogP) is 5.07. The molecule has 146 valence electrons. The van der Waals surface area contributed by atoms with Gasteiger partial charge in [-0.05, 0) is 56.0 Å². The number of nitrogens with one attached hydrogen (secondary N) is 1. The molecule has 1 aliphatic rings. The summed E-state index contributed by atoms with van der Waals surface area (Å²) in [6.45, 7) is 5.68. The summed E-state index contributed by atoms with van der Waals surface area (Å²) in [6.07, 6.45) is 4.47. The van der Waals surface area contributed by atoms with Crippen LogP contribution in [0, 0.1) is 12.8 Å². The Bertz CT molecular complexity index is 1020. The number of halogens is 1. The normalized spacial score (nSPS) is 17.1. The van der Waals surface area contributed by atoms with Crippen molar-refractivity contribution in [1.29, 1.82) is 0 Å². The van der Waals surface area contributed by atoms with Crippen molar-refractivity contribution < 1.29 is 4.79 Å². The molecule has 1 aliphatic heterocycles. The molecule has 5 nitrogen and oxygen atoms in total.